The molecular formula is C16H14BrN3O2S. The second-order valence-corrected chi connectivity index (χ2v) is 6.80. The lowest BCUT2D eigenvalue weighted by molar-refractivity contribution is -0.116. The Balaban J connectivity index is 1.55. The van der Waals surface area contributed by atoms with Gasteiger partial charge in [0.1, 0.15) is 0 Å². The van der Waals surface area contributed by atoms with Gasteiger partial charge in [0.25, 0.3) is 0 Å². The fraction of sp³-hybridized carbons (Fsp3) is 0.188. The second kappa shape index (κ2) is 7.06. The van der Waals surface area contributed by atoms with Crippen molar-refractivity contribution < 1.29 is 9.32 Å². The number of amides is 1. The van der Waals surface area contributed by atoms with Crippen molar-refractivity contribution in [3.63, 3.8) is 0 Å². The van der Waals surface area contributed by atoms with E-state index < -0.39 is 0 Å². The van der Waals surface area contributed by atoms with Gasteiger partial charge in [-0.3, -0.25) is 4.79 Å². The highest BCUT2D eigenvalue weighted by Gasteiger charge is 2.11. The highest BCUT2D eigenvalue weighted by molar-refractivity contribution is 9.10. The zero-order chi connectivity index (χ0) is 16.2. The molecule has 2 heterocycles. The number of carbonyl (C=O) groups excluding carboxylic acids is 1. The number of anilines is 1. The summed E-state index contributed by atoms with van der Waals surface area (Å²) in [7, 11) is 0. The predicted octanol–water partition coefficient (Wildman–Crippen LogP) is 4.44. The van der Waals surface area contributed by atoms with Gasteiger partial charge >= 0.3 is 0 Å². The molecule has 2 aromatic heterocycles. The molecule has 1 aromatic carbocycles. The maximum Gasteiger partial charge on any atom is 0.227 e. The molecule has 0 aliphatic heterocycles. The lowest BCUT2D eigenvalue weighted by atomic mass is 10.2. The summed E-state index contributed by atoms with van der Waals surface area (Å²) >= 11 is 5.00. The van der Waals surface area contributed by atoms with Crippen LogP contribution in [0.4, 0.5) is 5.69 Å². The number of hydrogen-bond acceptors (Lipinski definition) is 5. The van der Waals surface area contributed by atoms with Crippen molar-refractivity contribution in [2.24, 2.45) is 0 Å². The third-order valence-electron chi connectivity index (χ3n) is 3.23. The van der Waals surface area contributed by atoms with Gasteiger partial charge in [0.2, 0.25) is 17.6 Å². The SMILES string of the molecule is Cc1ccc(NC(=O)CCc2nc(-c3cccs3)no2)cc1Br. The van der Waals surface area contributed by atoms with Gasteiger partial charge in [-0.1, -0.05) is 33.2 Å². The normalized spacial score (nSPS) is 10.7. The third kappa shape index (κ3) is 4.05. The zero-order valence-corrected chi connectivity index (χ0v) is 14.8. The summed E-state index contributed by atoms with van der Waals surface area (Å²) in [6.45, 7) is 2.00. The van der Waals surface area contributed by atoms with Gasteiger partial charge < -0.3 is 9.84 Å². The maximum absolute atomic E-state index is 12.0. The average Bonchev–Trinajstić information content (AvgIpc) is 3.19. The number of thiophene rings is 1. The molecule has 3 rings (SSSR count). The molecule has 0 spiro atoms. The van der Waals surface area contributed by atoms with E-state index >= 15 is 0 Å². The van der Waals surface area contributed by atoms with Gasteiger partial charge in [-0.2, -0.15) is 4.98 Å². The molecule has 1 N–H and O–H groups in total. The van der Waals surface area contributed by atoms with E-state index in [0.717, 1.165) is 20.6 Å². The summed E-state index contributed by atoms with van der Waals surface area (Å²) in [6.07, 6.45) is 0.703. The Kier molecular flexibility index (Phi) is 4.88. The lowest BCUT2D eigenvalue weighted by Gasteiger charge is -2.06. The summed E-state index contributed by atoms with van der Waals surface area (Å²) in [5.74, 6) is 0.947. The van der Waals surface area contributed by atoms with Crippen molar-refractivity contribution in [2.75, 3.05) is 5.32 Å². The van der Waals surface area contributed by atoms with Crippen molar-refractivity contribution in [1.82, 2.24) is 10.1 Å². The highest BCUT2D eigenvalue weighted by atomic mass is 79.9. The molecule has 5 nitrogen and oxygen atoms in total. The number of rotatable bonds is 5. The number of hydrogen-bond donors (Lipinski definition) is 1. The molecule has 0 radical (unpaired) electrons. The standard InChI is InChI=1S/C16H14BrN3O2S/c1-10-4-5-11(9-12(10)17)18-14(21)6-7-15-19-16(20-22-15)13-3-2-8-23-13/h2-5,8-9H,6-7H2,1H3,(H,18,21). The number of aryl methyl sites for hydroxylation is 2. The quantitative estimate of drug-likeness (QED) is 0.697. The van der Waals surface area contributed by atoms with Crippen molar-refractivity contribution in [2.45, 2.75) is 19.8 Å². The van der Waals surface area contributed by atoms with Crippen molar-refractivity contribution in [1.29, 1.82) is 0 Å². The summed E-state index contributed by atoms with van der Waals surface area (Å²) in [5.41, 5.74) is 1.88. The summed E-state index contributed by atoms with van der Waals surface area (Å²) in [5, 5.41) is 8.74. The fourth-order valence-electron chi connectivity index (χ4n) is 1.98. The van der Waals surface area contributed by atoms with Crippen molar-refractivity contribution in [3.05, 3.63) is 51.6 Å². The molecule has 23 heavy (non-hydrogen) atoms. The number of carbonyl (C=O) groups is 1. The van der Waals surface area contributed by atoms with Gasteiger partial charge in [0.05, 0.1) is 4.88 Å². The molecule has 0 aliphatic rings. The van der Waals surface area contributed by atoms with Crippen LogP contribution in [-0.2, 0) is 11.2 Å². The minimum atomic E-state index is -0.0865. The van der Waals surface area contributed by atoms with E-state index in [1.54, 1.807) is 11.3 Å². The van der Waals surface area contributed by atoms with Gasteiger partial charge in [-0.25, -0.2) is 0 Å². The Labute approximate surface area is 145 Å². The van der Waals surface area contributed by atoms with Gasteiger partial charge in [0.15, 0.2) is 0 Å². The first-order valence-corrected chi connectivity index (χ1v) is 8.71. The molecular weight excluding hydrogens is 378 g/mol. The first-order valence-electron chi connectivity index (χ1n) is 7.04. The largest absolute Gasteiger partial charge is 0.339 e. The van der Waals surface area contributed by atoms with Gasteiger partial charge in [0, 0.05) is 23.0 Å². The van der Waals surface area contributed by atoms with E-state index in [-0.39, 0.29) is 12.3 Å². The van der Waals surface area contributed by atoms with Gasteiger partial charge in [-0.15, -0.1) is 11.3 Å². The number of benzene rings is 1. The van der Waals surface area contributed by atoms with Crippen LogP contribution in [0.15, 0.2) is 44.7 Å². The monoisotopic (exact) mass is 391 g/mol. The van der Waals surface area contributed by atoms with Crippen LogP contribution in [0.5, 0.6) is 0 Å². The molecule has 118 valence electrons. The van der Waals surface area contributed by atoms with Crippen LogP contribution in [0.1, 0.15) is 17.9 Å². The molecule has 0 aliphatic carbocycles. The minimum Gasteiger partial charge on any atom is -0.339 e. The average molecular weight is 392 g/mol. The van der Waals surface area contributed by atoms with E-state index in [9.17, 15) is 4.79 Å². The molecule has 0 unspecified atom stereocenters. The molecule has 0 atom stereocenters. The fourth-order valence-corrected chi connectivity index (χ4v) is 3.00. The Hall–Kier alpha value is -1.99. The van der Waals surface area contributed by atoms with E-state index in [2.05, 4.69) is 31.4 Å². The Morgan fingerprint density at radius 3 is 3.00 bits per heavy atom. The zero-order valence-electron chi connectivity index (χ0n) is 12.4. The Morgan fingerprint density at radius 2 is 2.26 bits per heavy atom. The van der Waals surface area contributed by atoms with E-state index in [1.807, 2.05) is 42.6 Å². The number of aromatic nitrogens is 2. The smallest absolute Gasteiger partial charge is 0.227 e. The number of halogens is 1. The van der Waals surface area contributed by atoms with Crippen LogP contribution in [0, 0.1) is 6.92 Å². The summed E-state index contributed by atoms with van der Waals surface area (Å²) in [6, 6.07) is 9.57. The second-order valence-electron chi connectivity index (χ2n) is 5.00. The molecule has 3 aromatic rings. The molecule has 0 bridgehead atoms. The minimum absolute atomic E-state index is 0.0865. The number of nitrogens with zero attached hydrogens (tertiary/aromatic N) is 2. The molecule has 0 fully saturated rings. The van der Waals surface area contributed by atoms with Crippen LogP contribution in [0.2, 0.25) is 0 Å². The Morgan fingerprint density at radius 1 is 1.39 bits per heavy atom. The Bertz CT molecular complexity index is 815. The van der Waals surface area contributed by atoms with Crippen molar-refractivity contribution in [3.8, 4) is 10.7 Å². The van der Waals surface area contributed by atoms with Crippen LogP contribution in [-0.4, -0.2) is 16.0 Å². The lowest BCUT2D eigenvalue weighted by Crippen LogP contribution is -2.12. The molecule has 1 amide bonds. The highest BCUT2D eigenvalue weighted by Crippen LogP contribution is 2.22. The first-order chi connectivity index (χ1) is 11.1. The molecule has 0 saturated carbocycles. The van der Waals surface area contributed by atoms with Crippen LogP contribution >= 0.6 is 27.3 Å². The van der Waals surface area contributed by atoms with E-state index in [1.165, 1.54) is 0 Å². The van der Waals surface area contributed by atoms with Crippen LogP contribution < -0.4 is 5.32 Å². The molecule has 0 saturated heterocycles. The van der Waals surface area contributed by atoms with Crippen LogP contribution in [0.25, 0.3) is 10.7 Å². The maximum atomic E-state index is 12.0. The van der Waals surface area contributed by atoms with E-state index in [0.29, 0.717) is 18.1 Å². The topological polar surface area (TPSA) is 68.0 Å². The van der Waals surface area contributed by atoms with Gasteiger partial charge in [-0.05, 0) is 36.1 Å². The third-order valence-corrected chi connectivity index (χ3v) is 4.95. The van der Waals surface area contributed by atoms with E-state index in [4.69, 9.17) is 4.52 Å². The van der Waals surface area contributed by atoms with Crippen LogP contribution in [0.3, 0.4) is 0 Å². The number of nitrogens with one attached hydrogen (secondary N) is 1. The first kappa shape index (κ1) is 15.9. The summed E-state index contributed by atoms with van der Waals surface area (Å²) in [4.78, 5) is 17.3. The predicted molar refractivity (Wildman–Crippen MR) is 93.4 cm³/mol. The summed E-state index contributed by atoms with van der Waals surface area (Å²) < 4.78 is 6.15. The molecule has 7 heteroatoms. The van der Waals surface area contributed by atoms with Crippen molar-refractivity contribution >= 4 is 38.9 Å².